The van der Waals surface area contributed by atoms with Crippen LogP contribution in [0.25, 0.3) is 17.0 Å². The number of carbonyl (C=O) groups excluding carboxylic acids is 2. The molecule has 3 amide bonds. The Morgan fingerprint density at radius 2 is 1.61 bits per heavy atom. The molecule has 0 saturated carbocycles. The number of para-hydroxylation sites is 2. The van der Waals surface area contributed by atoms with Crippen LogP contribution in [0.2, 0.25) is 0 Å². The molecule has 0 saturated heterocycles. The van der Waals surface area contributed by atoms with Gasteiger partial charge in [0.15, 0.2) is 5.75 Å². The minimum atomic E-state index is -4.92. The van der Waals surface area contributed by atoms with Gasteiger partial charge in [-0.15, -0.1) is 13.2 Å². The average molecular weight is 647 g/mol. The second kappa shape index (κ2) is 13.1. The van der Waals surface area contributed by atoms with Crippen molar-refractivity contribution in [3.8, 4) is 17.1 Å². The van der Waals surface area contributed by atoms with E-state index in [-0.39, 0.29) is 21.5 Å². The van der Waals surface area contributed by atoms with Gasteiger partial charge in [0.25, 0.3) is 0 Å². The molecule has 0 bridgehead atoms. The number of nitrogens with zero attached hydrogens (tertiary/aromatic N) is 3. The van der Waals surface area contributed by atoms with Gasteiger partial charge in [-0.2, -0.15) is 0 Å². The van der Waals surface area contributed by atoms with Crippen LogP contribution in [0.1, 0.15) is 15.9 Å². The standard InChI is InChI=1S/C30H23F3N6O4.Co/c31-30(32,33)43-25-11-5-4-10-24(25)36-29(42)35-21-14-12-20(13-15-21)26-37-38-27-23(9-6-16-39(26)27)28(41)34-22(18-40)17-19-7-2-1-3-8-19;/h1-16,22,40H,17H2,(H,34,41)(H2,35,36,42);/t22-;/m0./s1. The maximum atomic E-state index is 13.2. The Morgan fingerprint density at radius 1 is 0.909 bits per heavy atom. The number of carbonyl (C=O) groups is 2. The number of benzene rings is 3. The van der Waals surface area contributed by atoms with E-state index in [0.29, 0.717) is 23.5 Å². The Balaban J connectivity index is 1.29. The first-order valence-electron chi connectivity index (χ1n) is 13.0. The van der Waals surface area contributed by atoms with E-state index in [2.05, 4.69) is 46.2 Å². The van der Waals surface area contributed by atoms with Crippen molar-refractivity contribution < 1.29 is 47.9 Å². The van der Waals surface area contributed by atoms with Crippen molar-refractivity contribution in [2.24, 2.45) is 0 Å². The largest absolute Gasteiger partial charge is 0.573 e. The van der Waals surface area contributed by atoms with Crippen LogP contribution in [0.5, 0.6) is 5.75 Å². The molecule has 14 heteroatoms. The Labute approximate surface area is 256 Å². The number of hydrogen-bond donors (Lipinski definition) is 4. The Hall–Kier alpha value is -5.05. The first kappa shape index (κ1) is 30.4. The van der Waals surface area contributed by atoms with E-state index in [1.165, 1.54) is 18.2 Å². The zero-order chi connectivity index (χ0) is 31.3. The molecule has 227 valence electrons. The molecule has 0 spiro atoms. The Morgan fingerprint density at radius 3 is 2.32 bits per heavy atom. The van der Waals surface area contributed by atoms with Crippen LogP contribution >= 0.6 is 0 Å². The SMILES string of the molecule is O=C(Nc1ccc(-c2nnc3c(C(=O)N[C@@H](Cc4ccccc4)[C](O)=[Co])cccn23)cc1)Nc1ccccc1OC(F)(F)F. The van der Waals surface area contributed by atoms with Crippen molar-refractivity contribution in [2.75, 3.05) is 10.6 Å². The summed E-state index contributed by atoms with van der Waals surface area (Å²) < 4.78 is 43.4. The van der Waals surface area contributed by atoms with Crippen LogP contribution in [0, 0.1) is 0 Å². The third-order valence-corrected chi connectivity index (χ3v) is 6.66. The smallest absolute Gasteiger partial charge is 0.404 e. The maximum Gasteiger partial charge on any atom is 0.573 e. The summed E-state index contributed by atoms with van der Waals surface area (Å²) in [6.45, 7) is 0. The minimum absolute atomic E-state index is 0.164. The number of pyridine rings is 1. The van der Waals surface area contributed by atoms with E-state index in [1.807, 2.05) is 30.3 Å². The molecule has 5 aromatic rings. The Kier molecular flexibility index (Phi) is 9.03. The van der Waals surface area contributed by atoms with E-state index in [0.717, 1.165) is 11.6 Å². The molecular weight excluding hydrogens is 624 g/mol. The molecule has 0 aliphatic carbocycles. The molecule has 0 aliphatic heterocycles. The van der Waals surface area contributed by atoms with E-state index < -0.39 is 30.1 Å². The number of anilines is 2. The third kappa shape index (κ3) is 7.47. The number of urea groups is 1. The number of ether oxygens (including phenoxy) is 1. The number of nitrogens with one attached hydrogen (secondary N) is 3. The summed E-state index contributed by atoms with van der Waals surface area (Å²) in [6.07, 6.45) is -2.91. The predicted molar refractivity (Wildman–Crippen MR) is 153 cm³/mol. The van der Waals surface area contributed by atoms with Gasteiger partial charge < -0.3 is 15.4 Å². The number of aromatic nitrogens is 3. The molecule has 1 atom stereocenters. The predicted octanol–water partition coefficient (Wildman–Crippen LogP) is 5.33. The summed E-state index contributed by atoms with van der Waals surface area (Å²) in [5, 5.41) is 26.2. The van der Waals surface area contributed by atoms with Gasteiger partial charge in [0.2, 0.25) is 0 Å². The monoisotopic (exact) mass is 647 g/mol. The number of fused-ring (bicyclic) bond motifs is 1. The molecule has 2 aromatic heterocycles. The number of rotatable bonds is 9. The molecule has 0 aliphatic rings. The fourth-order valence-electron chi connectivity index (χ4n) is 4.33. The van der Waals surface area contributed by atoms with Gasteiger partial charge in [0.1, 0.15) is 0 Å². The van der Waals surface area contributed by atoms with Gasteiger partial charge in [0, 0.05) is 0 Å². The molecule has 3 aromatic carbocycles. The second-order valence-corrected chi connectivity index (χ2v) is 9.89. The number of alkyl halides is 3. The van der Waals surface area contributed by atoms with Crippen molar-refractivity contribution in [1.82, 2.24) is 19.9 Å². The summed E-state index contributed by atoms with van der Waals surface area (Å²) >= 11 is 4.11. The zero-order valence-electron chi connectivity index (χ0n) is 22.5. The van der Waals surface area contributed by atoms with Gasteiger partial charge >= 0.3 is 187 Å². The number of halogens is 3. The molecule has 2 heterocycles. The Bertz CT molecular complexity index is 1810. The summed E-state index contributed by atoms with van der Waals surface area (Å²) in [6, 6.07) is 22.7. The molecule has 5 rings (SSSR count). The molecule has 0 unspecified atom stereocenters. The zero-order valence-corrected chi connectivity index (χ0v) is 23.5. The van der Waals surface area contributed by atoms with Gasteiger partial charge in [-0.05, 0) is 12.1 Å². The molecular formula is C30H23CoF3N6O4. The van der Waals surface area contributed by atoms with Crippen molar-refractivity contribution in [3.63, 3.8) is 0 Å². The van der Waals surface area contributed by atoms with Gasteiger partial charge in [-0.1, -0.05) is 12.1 Å². The summed E-state index contributed by atoms with van der Waals surface area (Å²) in [4.78, 5) is 25.7. The van der Waals surface area contributed by atoms with Crippen molar-refractivity contribution in [2.45, 2.75) is 18.8 Å². The fraction of sp³-hybridized carbons (Fsp3) is 0.100. The number of amides is 3. The molecule has 4 N–H and O–H groups in total. The van der Waals surface area contributed by atoms with E-state index in [4.69, 9.17) is 0 Å². The second-order valence-electron chi connectivity index (χ2n) is 9.36. The third-order valence-electron chi connectivity index (χ3n) is 6.30. The minimum Gasteiger partial charge on any atom is -0.404 e. The first-order chi connectivity index (χ1) is 21.1. The molecule has 10 nitrogen and oxygen atoms in total. The normalized spacial score (nSPS) is 11.9. The van der Waals surface area contributed by atoms with Gasteiger partial charge in [0.05, 0.1) is 5.69 Å². The molecule has 0 radical (unpaired) electrons. The van der Waals surface area contributed by atoms with Crippen LogP contribution in [0.15, 0.2) is 97.2 Å². The first-order valence-corrected chi connectivity index (χ1v) is 13.5. The fourth-order valence-corrected chi connectivity index (χ4v) is 4.52. The quantitative estimate of drug-likeness (QED) is 0.171. The number of aliphatic hydroxyl groups is 1. The molecule has 44 heavy (non-hydrogen) atoms. The van der Waals surface area contributed by atoms with Crippen molar-refractivity contribution in [3.05, 3.63) is 108 Å². The van der Waals surface area contributed by atoms with Gasteiger partial charge in [-0.3, -0.25) is 0 Å². The summed E-state index contributed by atoms with van der Waals surface area (Å²) in [5.74, 6) is -0.625. The van der Waals surface area contributed by atoms with Crippen molar-refractivity contribution in [1.29, 1.82) is 0 Å². The van der Waals surface area contributed by atoms with Crippen LogP contribution in [0.3, 0.4) is 0 Å². The van der Waals surface area contributed by atoms with Gasteiger partial charge in [-0.25, -0.2) is 4.79 Å². The van der Waals surface area contributed by atoms with E-state index >= 15 is 0 Å². The summed E-state index contributed by atoms with van der Waals surface area (Å²) in [7, 11) is 0. The van der Waals surface area contributed by atoms with E-state index in [1.54, 1.807) is 47.0 Å². The number of hydrogen-bond acceptors (Lipinski definition) is 6. The van der Waals surface area contributed by atoms with Crippen molar-refractivity contribution >= 4 is 33.6 Å². The topological polar surface area (TPSA) is 130 Å². The van der Waals surface area contributed by atoms with E-state index in [9.17, 15) is 27.9 Å². The van der Waals surface area contributed by atoms with Crippen LogP contribution < -0.4 is 20.7 Å². The van der Waals surface area contributed by atoms with Crippen LogP contribution in [-0.4, -0.2) is 48.7 Å². The van der Waals surface area contributed by atoms with Crippen LogP contribution in [-0.2, 0) is 21.7 Å². The molecule has 0 fully saturated rings. The van der Waals surface area contributed by atoms with Crippen LogP contribution in [0.4, 0.5) is 29.3 Å². The number of aliphatic hydroxyl groups excluding tert-OH is 1. The maximum absolute atomic E-state index is 13.2. The average Bonchev–Trinajstić information content (AvgIpc) is 3.42. The summed E-state index contributed by atoms with van der Waals surface area (Å²) in [5.41, 5.74) is 2.19.